The van der Waals surface area contributed by atoms with Gasteiger partial charge in [-0.3, -0.25) is 10.1 Å². The Morgan fingerprint density at radius 2 is 2.13 bits per heavy atom. The van der Waals surface area contributed by atoms with Crippen LogP contribution in [-0.4, -0.2) is 36.8 Å². The average Bonchev–Trinajstić information content (AvgIpc) is 3.43. The molecule has 9 nitrogen and oxygen atoms in total. The SMILES string of the molecule is [O-]N(O)c1cccc(-c2noc(C3Cc4nc[nH]c4CN3CC3CCCCC3)n2)c1. The smallest absolute Gasteiger partial charge is 0.244 e. The Morgan fingerprint density at radius 1 is 1.27 bits per heavy atom. The predicted octanol–water partition coefficient (Wildman–Crippen LogP) is 3.83. The van der Waals surface area contributed by atoms with E-state index in [1.54, 1.807) is 18.5 Å². The summed E-state index contributed by atoms with van der Waals surface area (Å²) in [5.74, 6) is 1.65. The second-order valence-corrected chi connectivity index (χ2v) is 8.26. The highest BCUT2D eigenvalue weighted by Gasteiger charge is 2.34. The maximum atomic E-state index is 11.2. The van der Waals surface area contributed by atoms with E-state index in [1.165, 1.54) is 44.2 Å². The molecule has 1 fully saturated rings. The normalized spacial score (nSPS) is 20.3. The zero-order valence-electron chi connectivity index (χ0n) is 16.7. The molecule has 1 aromatic carbocycles. The van der Waals surface area contributed by atoms with Crippen molar-refractivity contribution in [3.05, 3.63) is 53.1 Å². The third-order valence-corrected chi connectivity index (χ3v) is 6.27. The van der Waals surface area contributed by atoms with Gasteiger partial charge in [-0.15, -0.1) is 0 Å². The van der Waals surface area contributed by atoms with Gasteiger partial charge in [0.15, 0.2) is 0 Å². The van der Waals surface area contributed by atoms with Gasteiger partial charge in [0.25, 0.3) is 0 Å². The second kappa shape index (κ2) is 8.17. The van der Waals surface area contributed by atoms with Gasteiger partial charge >= 0.3 is 0 Å². The minimum absolute atomic E-state index is 0.0268. The van der Waals surface area contributed by atoms with Gasteiger partial charge in [0.1, 0.15) is 0 Å². The molecule has 158 valence electrons. The number of nitrogens with one attached hydrogen (secondary N) is 1. The van der Waals surface area contributed by atoms with Gasteiger partial charge in [-0.05, 0) is 30.9 Å². The number of benzene rings is 1. The fourth-order valence-corrected chi connectivity index (χ4v) is 4.68. The molecule has 2 N–H and O–H groups in total. The molecule has 1 saturated carbocycles. The van der Waals surface area contributed by atoms with Gasteiger partial charge < -0.3 is 19.9 Å². The molecule has 0 radical (unpaired) electrons. The summed E-state index contributed by atoms with van der Waals surface area (Å²) in [6.07, 6.45) is 8.97. The number of rotatable bonds is 5. The Labute approximate surface area is 174 Å². The average molecular weight is 409 g/mol. The lowest BCUT2D eigenvalue weighted by molar-refractivity contribution is 0.104. The van der Waals surface area contributed by atoms with Crippen LogP contribution in [-0.2, 0) is 13.0 Å². The number of H-pyrrole nitrogens is 1. The lowest BCUT2D eigenvalue weighted by Gasteiger charge is -2.36. The van der Waals surface area contributed by atoms with Crippen molar-refractivity contribution in [1.29, 1.82) is 0 Å². The first-order valence-corrected chi connectivity index (χ1v) is 10.5. The van der Waals surface area contributed by atoms with Gasteiger partial charge in [0.2, 0.25) is 11.7 Å². The van der Waals surface area contributed by atoms with Gasteiger partial charge in [-0.2, -0.15) is 4.98 Å². The molecule has 3 aromatic rings. The summed E-state index contributed by atoms with van der Waals surface area (Å²) in [7, 11) is 0. The Kier molecular flexibility index (Phi) is 5.24. The summed E-state index contributed by atoms with van der Waals surface area (Å²) in [6, 6.07) is 6.49. The summed E-state index contributed by atoms with van der Waals surface area (Å²) < 4.78 is 5.67. The number of aromatic nitrogens is 4. The van der Waals surface area contributed by atoms with Crippen molar-refractivity contribution in [1.82, 2.24) is 25.0 Å². The molecule has 1 aliphatic heterocycles. The van der Waals surface area contributed by atoms with Crippen molar-refractivity contribution in [3.8, 4) is 11.4 Å². The zero-order valence-corrected chi connectivity index (χ0v) is 16.7. The molecule has 0 spiro atoms. The summed E-state index contributed by atoms with van der Waals surface area (Å²) in [5, 5.41) is 24.3. The topological polar surface area (TPSA) is 117 Å². The van der Waals surface area contributed by atoms with Crippen molar-refractivity contribution >= 4 is 5.69 Å². The van der Waals surface area contributed by atoms with Gasteiger partial charge in [0, 0.05) is 25.1 Å². The fourth-order valence-electron chi connectivity index (χ4n) is 4.68. The number of nitrogens with zero attached hydrogens (tertiary/aromatic N) is 5. The fraction of sp³-hybridized carbons (Fsp3) is 0.476. The molecule has 1 aliphatic carbocycles. The maximum absolute atomic E-state index is 11.2. The minimum Gasteiger partial charge on any atom is -0.733 e. The highest BCUT2D eigenvalue weighted by molar-refractivity contribution is 5.62. The first kappa shape index (κ1) is 19.2. The van der Waals surface area contributed by atoms with Crippen molar-refractivity contribution in [2.45, 2.75) is 51.1 Å². The first-order chi connectivity index (χ1) is 14.7. The van der Waals surface area contributed by atoms with E-state index in [0.717, 1.165) is 30.9 Å². The molecule has 0 bridgehead atoms. The Hall–Kier alpha value is -2.75. The van der Waals surface area contributed by atoms with Crippen LogP contribution in [0.2, 0.25) is 0 Å². The number of fused-ring (bicyclic) bond motifs is 1. The molecule has 1 atom stereocenters. The molecular weight excluding hydrogens is 384 g/mol. The summed E-state index contributed by atoms with van der Waals surface area (Å²) >= 11 is 0. The number of imidazole rings is 1. The van der Waals surface area contributed by atoms with E-state index in [2.05, 4.69) is 25.0 Å². The molecule has 9 heteroatoms. The minimum atomic E-state index is -0.170. The van der Waals surface area contributed by atoms with E-state index in [-0.39, 0.29) is 17.0 Å². The van der Waals surface area contributed by atoms with E-state index < -0.39 is 0 Å². The highest BCUT2D eigenvalue weighted by atomic mass is 16.8. The van der Waals surface area contributed by atoms with E-state index >= 15 is 0 Å². The van der Waals surface area contributed by atoms with Crippen LogP contribution in [0.15, 0.2) is 35.1 Å². The molecule has 3 heterocycles. The summed E-state index contributed by atoms with van der Waals surface area (Å²) in [5.41, 5.74) is 2.95. The molecule has 2 aromatic heterocycles. The van der Waals surface area contributed by atoms with Crippen LogP contribution >= 0.6 is 0 Å². The molecule has 2 aliphatic rings. The monoisotopic (exact) mass is 409 g/mol. The van der Waals surface area contributed by atoms with E-state index in [1.807, 2.05) is 0 Å². The van der Waals surface area contributed by atoms with Crippen LogP contribution in [0.1, 0.15) is 55.4 Å². The van der Waals surface area contributed by atoms with Crippen molar-refractivity contribution in [2.24, 2.45) is 5.92 Å². The number of hydrogen-bond donors (Lipinski definition) is 2. The molecule has 30 heavy (non-hydrogen) atoms. The first-order valence-electron chi connectivity index (χ1n) is 10.5. The quantitative estimate of drug-likeness (QED) is 0.611. The van der Waals surface area contributed by atoms with Crippen molar-refractivity contribution in [3.63, 3.8) is 0 Å². The Balaban J connectivity index is 1.41. The summed E-state index contributed by atoms with van der Waals surface area (Å²) in [4.78, 5) is 14.8. The van der Waals surface area contributed by atoms with Gasteiger partial charge in [-0.1, -0.05) is 36.6 Å². The molecule has 0 saturated heterocycles. The van der Waals surface area contributed by atoms with Crippen LogP contribution in [0.5, 0.6) is 0 Å². The zero-order chi connectivity index (χ0) is 20.5. The number of anilines is 1. The predicted molar refractivity (Wildman–Crippen MR) is 109 cm³/mol. The molecule has 1 unspecified atom stereocenters. The number of aromatic amines is 1. The Bertz CT molecular complexity index is 994. The van der Waals surface area contributed by atoms with Gasteiger partial charge in [0.05, 0.1) is 29.4 Å². The van der Waals surface area contributed by atoms with E-state index in [9.17, 15) is 5.21 Å². The van der Waals surface area contributed by atoms with Crippen LogP contribution in [0.4, 0.5) is 5.69 Å². The Morgan fingerprint density at radius 3 is 2.97 bits per heavy atom. The molecule has 0 amide bonds. The van der Waals surface area contributed by atoms with Crippen LogP contribution < -0.4 is 5.23 Å². The maximum Gasteiger partial charge on any atom is 0.244 e. The van der Waals surface area contributed by atoms with Gasteiger partial charge in [-0.25, -0.2) is 4.98 Å². The molecule has 5 rings (SSSR count). The van der Waals surface area contributed by atoms with E-state index in [0.29, 0.717) is 23.2 Å². The standard InChI is InChI=1S/C21H25N6O3/c28-27(29)16-8-4-7-15(9-16)20-24-21(30-25-20)19-10-17-18(23-13-22-17)12-26(19)11-14-5-2-1-3-6-14/h4,7-9,13-14,19,28H,1-3,5-6,10-12H2,(H,22,23)/q-1. The second-order valence-electron chi connectivity index (χ2n) is 8.26. The van der Waals surface area contributed by atoms with Crippen molar-refractivity contribution < 1.29 is 9.73 Å². The lowest BCUT2D eigenvalue weighted by atomic mass is 9.88. The van der Waals surface area contributed by atoms with Crippen LogP contribution in [0, 0.1) is 11.1 Å². The lowest BCUT2D eigenvalue weighted by Crippen LogP contribution is -2.38. The van der Waals surface area contributed by atoms with Crippen LogP contribution in [0.3, 0.4) is 0 Å². The third-order valence-electron chi connectivity index (χ3n) is 6.27. The largest absolute Gasteiger partial charge is 0.733 e. The van der Waals surface area contributed by atoms with Crippen molar-refractivity contribution in [2.75, 3.05) is 11.8 Å². The highest BCUT2D eigenvalue weighted by Crippen LogP contribution is 2.35. The van der Waals surface area contributed by atoms with Crippen LogP contribution in [0.25, 0.3) is 11.4 Å². The van der Waals surface area contributed by atoms with E-state index in [4.69, 9.17) is 9.73 Å². The molecular formula is C21H25N6O3-. The number of hydrogen-bond acceptors (Lipinski definition) is 8. The summed E-state index contributed by atoms with van der Waals surface area (Å²) in [6.45, 7) is 1.80. The third kappa shape index (κ3) is 3.83.